The monoisotopic (exact) mass is 296 g/mol. The van der Waals surface area contributed by atoms with Gasteiger partial charge < -0.3 is 14.6 Å². The first-order chi connectivity index (χ1) is 9.95. The average Bonchev–Trinajstić information content (AvgIpc) is 2.45. The van der Waals surface area contributed by atoms with E-state index in [4.69, 9.17) is 9.84 Å². The number of rotatable bonds is 6. The first-order valence-corrected chi connectivity index (χ1v) is 5.95. The number of carbonyl (C=O) groups excluding carboxylic acids is 2. The van der Waals surface area contributed by atoms with Crippen molar-refractivity contribution >= 4 is 23.6 Å². The predicted octanol–water partition coefficient (Wildman–Crippen LogP) is 0.469. The van der Waals surface area contributed by atoms with Crippen LogP contribution in [-0.4, -0.2) is 50.4 Å². The topological polar surface area (TPSA) is 105 Å². The van der Waals surface area contributed by atoms with Crippen LogP contribution in [0.5, 0.6) is 5.75 Å². The van der Waals surface area contributed by atoms with Crippen LogP contribution in [0.3, 0.4) is 0 Å². The minimum atomic E-state index is -1.19. The highest BCUT2D eigenvalue weighted by Crippen LogP contribution is 2.26. The molecular weight excluding hydrogens is 280 g/mol. The van der Waals surface area contributed by atoms with E-state index in [2.05, 4.69) is 10.1 Å². The van der Waals surface area contributed by atoms with Crippen molar-refractivity contribution in [3.05, 3.63) is 24.3 Å². The highest BCUT2D eigenvalue weighted by molar-refractivity contribution is 6.03. The van der Waals surface area contributed by atoms with Gasteiger partial charge in [0.2, 0.25) is 0 Å². The van der Waals surface area contributed by atoms with E-state index in [9.17, 15) is 14.4 Å². The van der Waals surface area contributed by atoms with Crippen LogP contribution < -0.4 is 15.0 Å². The van der Waals surface area contributed by atoms with Crippen LogP contribution in [0.4, 0.5) is 10.5 Å². The van der Waals surface area contributed by atoms with Crippen molar-refractivity contribution in [3.8, 4) is 5.75 Å². The van der Waals surface area contributed by atoms with Crippen molar-refractivity contribution in [1.82, 2.24) is 5.32 Å². The zero-order chi connectivity index (χ0) is 15.8. The van der Waals surface area contributed by atoms with Crippen molar-refractivity contribution in [3.63, 3.8) is 0 Å². The summed E-state index contributed by atoms with van der Waals surface area (Å²) >= 11 is 0. The molecule has 0 aliphatic heterocycles. The van der Waals surface area contributed by atoms with Crippen LogP contribution in [0, 0.1) is 0 Å². The molecule has 0 saturated carbocycles. The Labute approximate surface area is 121 Å². The summed E-state index contributed by atoms with van der Waals surface area (Å²) in [5.74, 6) is -1.45. The first kappa shape index (κ1) is 16.4. The number of aliphatic carboxylic acids is 1. The zero-order valence-corrected chi connectivity index (χ0v) is 11.7. The third-order valence-electron chi connectivity index (χ3n) is 2.46. The first-order valence-electron chi connectivity index (χ1n) is 5.95. The molecule has 1 aromatic carbocycles. The number of benzene rings is 1. The summed E-state index contributed by atoms with van der Waals surface area (Å²) in [6.07, 6.45) is 0. The molecular formula is C13H16N2O6. The number of anilines is 1. The number of amides is 3. The Morgan fingerprint density at radius 3 is 2.52 bits per heavy atom. The smallest absolute Gasteiger partial charge is 0.329 e. The lowest BCUT2D eigenvalue weighted by Gasteiger charge is -2.19. The van der Waals surface area contributed by atoms with E-state index < -0.39 is 31.1 Å². The third-order valence-corrected chi connectivity index (χ3v) is 2.46. The molecule has 0 fully saturated rings. The van der Waals surface area contributed by atoms with Crippen LogP contribution in [0.2, 0.25) is 0 Å². The highest BCUT2D eigenvalue weighted by atomic mass is 16.5. The van der Waals surface area contributed by atoms with Gasteiger partial charge in [0.15, 0.2) is 0 Å². The molecule has 0 heterocycles. The normalized spacial score (nSPS) is 9.81. The zero-order valence-electron chi connectivity index (χ0n) is 11.7. The summed E-state index contributed by atoms with van der Waals surface area (Å²) in [7, 11) is 2.94. The van der Waals surface area contributed by atoms with Gasteiger partial charge in [0.25, 0.3) is 5.91 Å². The number of para-hydroxylation sites is 2. The third kappa shape index (κ3) is 5.11. The SMILES string of the molecule is COc1ccccc1N(C)C(=O)NC(=O)COCC(=O)O. The van der Waals surface area contributed by atoms with Crippen LogP contribution in [0.15, 0.2) is 24.3 Å². The van der Waals surface area contributed by atoms with Gasteiger partial charge in [0, 0.05) is 7.05 Å². The average molecular weight is 296 g/mol. The van der Waals surface area contributed by atoms with E-state index in [1.807, 2.05) is 0 Å². The minimum Gasteiger partial charge on any atom is -0.495 e. The summed E-state index contributed by atoms with van der Waals surface area (Å²) in [4.78, 5) is 34.7. The molecule has 0 aliphatic rings. The maximum Gasteiger partial charge on any atom is 0.329 e. The van der Waals surface area contributed by atoms with Crippen molar-refractivity contribution in [2.24, 2.45) is 0 Å². The maximum atomic E-state index is 11.9. The van der Waals surface area contributed by atoms with E-state index in [0.717, 1.165) is 0 Å². The number of methoxy groups -OCH3 is 1. The largest absolute Gasteiger partial charge is 0.495 e. The molecule has 0 unspecified atom stereocenters. The minimum absolute atomic E-state index is 0.477. The molecule has 1 aromatic rings. The Morgan fingerprint density at radius 2 is 1.90 bits per heavy atom. The van der Waals surface area contributed by atoms with Gasteiger partial charge in [-0.2, -0.15) is 0 Å². The summed E-state index contributed by atoms with van der Waals surface area (Å²) in [6.45, 7) is -1.12. The quantitative estimate of drug-likeness (QED) is 0.790. The van der Waals surface area contributed by atoms with Crippen molar-refractivity contribution in [1.29, 1.82) is 0 Å². The summed E-state index contributed by atoms with van der Waals surface area (Å²) in [6, 6.07) is 6.13. The fourth-order valence-electron chi connectivity index (χ4n) is 1.49. The Hall–Kier alpha value is -2.61. The van der Waals surface area contributed by atoms with Gasteiger partial charge in [-0.3, -0.25) is 15.0 Å². The van der Waals surface area contributed by atoms with Crippen LogP contribution >= 0.6 is 0 Å². The molecule has 1 rings (SSSR count). The van der Waals surface area contributed by atoms with Gasteiger partial charge in [-0.1, -0.05) is 12.1 Å². The number of imide groups is 1. The van der Waals surface area contributed by atoms with Gasteiger partial charge in [-0.25, -0.2) is 9.59 Å². The lowest BCUT2D eigenvalue weighted by atomic mass is 10.3. The Morgan fingerprint density at radius 1 is 1.24 bits per heavy atom. The molecule has 8 nitrogen and oxygen atoms in total. The second-order valence-corrected chi connectivity index (χ2v) is 3.97. The number of ether oxygens (including phenoxy) is 2. The van der Waals surface area contributed by atoms with E-state index in [1.165, 1.54) is 19.1 Å². The Balaban J connectivity index is 2.58. The number of nitrogens with zero attached hydrogens (tertiary/aromatic N) is 1. The number of carboxylic acids is 1. The van der Waals surface area contributed by atoms with Crippen LogP contribution in [-0.2, 0) is 14.3 Å². The molecule has 0 bridgehead atoms. The van der Waals surface area contributed by atoms with E-state index in [1.54, 1.807) is 24.3 Å². The second kappa shape index (κ2) is 7.85. The molecule has 2 N–H and O–H groups in total. The van der Waals surface area contributed by atoms with Crippen molar-refractivity contribution in [2.75, 3.05) is 32.3 Å². The van der Waals surface area contributed by atoms with E-state index in [-0.39, 0.29) is 0 Å². The molecule has 114 valence electrons. The van der Waals surface area contributed by atoms with E-state index in [0.29, 0.717) is 11.4 Å². The molecule has 8 heteroatoms. The Bertz CT molecular complexity index is 531. The maximum absolute atomic E-state index is 11.9. The summed E-state index contributed by atoms with van der Waals surface area (Å²) < 4.78 is 9.70. The number of carboxylic acid groups (broad SMARTS) is 1. The van der Waals surface area contributed by atoms with Crippen LogP contribution in [0.1, 0.15) is 0 Å². The predicted molar refractivity (Wildman–Crippen MR) is 73.4 cm³/mol. The number of urea groups is 1. The number of nitrogens with one attached hydrogen (secondary N) is 1. The lowest BCUT2D eigenvalue weighted by Crippen LogP contribution is -2.42. The number of carbonyl (C=O) groups is 3. The standard InChI is InChI=1S/C13H16N2O6/c1-15(9-5-3-4-6-10(9)20-2)13(19)14-11(16)7-21-8-12(17)18/h3-6H,7-8H2,1-2H3,(H,17,18)(H,14,16,19). The van der Waals surface area contributed by atoms with Crippen molar-refractivity contribution in [2.45, 2.75) is 0 Å². The van der Waals surface area contributed by atoms with Gasteiger partial charge in [0.1, 0.15) is 19.0 Å². The molecule has 0 aromatic heterocycles. The molecule has 0 saturated heterocycles. The van der Waals surface area contributed by atoms with Gasteiger partial charge in [0.05, 0.1) is 12.8 Å². The van der Waals surface area contributed by atoms with Gasteiger partial charge >= 0.3 is 12.0 Å². The van der Waals surface area contributed by atoms with Gasteiger partial charge in [-0.15, -0.1) is 0 Å². The highest BCUT2D eigenvalue weighted by Gasteiger charge is 2.17. The molecule has 0 atom stereocenters. The summed E-state index contributed by atoms with van der Waals surface area (Å²) in [5, 5.41) is 10.4. The molecule has 0 aliphatic carbocycles. The number of hydrogen-bond donors (Lipinski definition) is 2. The lowest BCUT2D eigenvalue weighted by molar-refractivity contribution is -0.143. The van der Waals surface area contributed by atoms with Crippen LogP contribution in [0.25, 0.3) is 0 Å². The second-order valence-electron chi connectivity index (χ2n) is 3.97. The van der Waals surface area contributed by atoms with E-state index >= 15 is 0 Å². The molecule has 3 amide bonds. The fraction of sp³-hybridized carbons (Fsp3) is 0.308. The summed E-state index contributed by atoms with van der Waals surface area (Å²) in [5.41, 5.74) is 0.483. The number of hydrogen-bond acceptors (Lipinski definition) is 5. The fourth-order valence-corrected chi connectivity index (χ4v) is 1.49. The molecule has 0 radical (unpaired) electrons. The van der Waals surface area contributed by atoms with Crippen molar-refractivity contribution < 1.29 is 29.0 Å². The molecule has 0 spiro atoms. The molecule has 21 heavy (non-hydrogen) atoms. The Kier molecular flexibility index (Phi) is 6.15. The van der Waals surface area contributed by atoms with Gasteiger partial charge in [-0.05, 0) is 12.1 Å².